The lowest BCUT2D eigenvalue weighted by molar-refractivity contribution is 0.108. The zero-order chi connectivity index (χ0) is 11.7. The van der Waals surface area contributed by atoms with Crippen molar-refractivity contribution in [1.29, 1.82) is 0 Å². The van der Waals surface area contributed by atoms with E-state index in [0.717, 1.165) is 4.90 Å². The minimum absolute atomic E-state index is 0.0400. The molecule has 0 aliphatic carbocycles. The van der Waals surface area contributed by atoms with E-state index in [-0.39, 0.29) is 18.1 Å². The number of hydrogen-bond donors (Lipinski definition) is 2. The largest absolute Gasteiger partial charge is 0.465 e. The molecule has 1 aromatic rings. The highest BCUT2D eigenvalue weighted by molar-refractivity contribution is 5.82. The van der Waals surface area contributed by atoms with Gasteiger partial charge in [0.2, 0.25) is 5.95 Å². The summed E-state index contributed by atoms with van der Waals surface area (Å²) >= 11 is 0. The van der Waals surface area contributed by atoms with E-state index in [1.165, 1.54) is 7.05 Å². The summed E-state index contributed by atoms with van der Waals surface area (Å²) in [6.07, 6.45) is -0.644. The van der Waals surface area contributed by atoms with Gasteiger partial charge in [-0.3, -0.25) is 14.7 Å². The van der Waals surface area contributed by atoms with Gasteiger partial charge in [0, 0.05) is 13.5 Å². The van der Waals surface area contributed by atoms with Crippen LogP contribution >= 0.6 is 0 Å². The molecule has 1 aliphatic heterocycles. The quantitative estimate of drug-likeness (QED) is 0.699. The Morgan fingerprint density at radius 3 is 3.06 bits per heavy atom. The Morgan fingerprint density at radius 1 is 1.62 bits per heavy atom. The van der Waals surface area contributed by atoms with E-state index in [1.54, 1.807) is 0 Å². The van der Waals surface area contributed by atoms with Crippen LogP contribution in [0.3, 0.4) is 0 Å². The molecule has 16 heavy (non-hydrogen) atoms. The summed E-state index contributed by atoms with van der Waals surface area (Å²) < 4.78 is 5.13. The molecule has 0 radical (unpaired) electrons. The molecule has 1 aromatic heterocycles. The number of H-pyrrole nitrogens is 1. The molecular formula is C9H11N3O4. The second-order valence-corrected chi connectivity index (χ2v) is 3.46. The van der Waals surface area contributed by atoms with Crippen LogP contribution in [0.5, 0.6) is 0 Å². The predicted octanol–water partition coefficient (Wildman–Crippen LogP) is -0.0432. The summed E-state index contributed by atoms with van der Waals surface area (Å²) in [7, 11) is 1.33. The smallest absolute Gasteiger partial charge is 0.413 e. The van der Waals surface area contributed by atoms with Crippen LogP contribution in [0.25, 0.3) is 0 Å². The van der Waals surface area contributed by atoms with Crippen LogP contribution < -0.4 is 10.5 Å². The van der Waals surface area contributed by atoms with Crippen molar-refractivity contribution in [3.05, 3.63) is 21.6 Å². The number of carbonyl (C=O) groups is 1. The average Bonchev–Trinajstić information content (AvgIpc) is 2.28. The lowest BCUT2D eigenvalue weighted by Crippen LogP contribution is -2.31. The van der Waals surface area contributed by atoms with Gasteiger partial charge in [0.05, 0.1) is 24.5 Å². The minimum atomic E-state index is -1.17. The molecule has 7 heteroatoms. The van der Waals surface area contributed by atoms with Crippen LogP contribution in [0, 0.1) is 0 Å². The number of anilines is 1. The second kappa shape index (κ2) is 3.93. The van der Waals surface area contributed by atoms with Crippen molar-refractivity contribution in [2.24, 2.45) is 0 Å². The molecule has 0 atom stereocenters. The highest BCUT2D eigenvalue weighted by Crippen LogP contribution is 2.13. The van der Waals surface area contributed by atoms with E-state index in [9.17, 15) is 9.59 Å². The SMILES string of the molecule is CN(C(=O)O)c1nc2c(c(=O)[nH]1)COCC2. The topological polar surface area (TPSA) is 95.5 Å². The van der Waals surface area contributed by atoms with Crippen molar-refractivity contribution in [3.8, 4) is 0 Å². The molecule has 7 nitrogen and oxygen atoms in total. The first-order valence-corrected chi connectivity index (χ1v) is 4.76. The number of amides is 1. The zero-order valence-electron chi connectivity index (χ0n) is 8.69. The van der Waals surface area contributed by atoms with Crippen molar-refractivity contribution in [2.75, 3.05) is 18.6 Å². The highest BCUT2D eigenvalue weighted by Gasteiger charge is 2.19. The Hall–Kier alpha value is -1.89. The third kappa shape index (κ3) is 1.76. The van der Waals surface area contributed by atoms with Gasteiger partial charge in [0.15, 0.2) is 0 Å². The van der Waals surface area contributed by atoms with Crippen molar-refractivity contribution in [2.45, 2.75) is 13.0 Å². The molecule has 0 spiro atoms. The van der Waals surface area contributed by atoms with Gasteiger partial charge in [-0.15, -0.1) is 0 Å². The van der Waals surface area contributed by atoms with E-state index in [2.05, 4.69) is 9.97 Å². The molecule has 2 rings (SSSR count). The van der Waals surface area contributed by atoms with E-state index >= 15 is 0 Å². The van der Waals surface area contributed by atoms with Gasteiger partial charge in [0.25, 0.3) is 5.56 Å². The molecule has 0 unspecified atom stereocenters. The number of aromatic nitrogens is 2. The Balaban J connectivity index is 2.47. The van der Waals surface area contributed by atoms with Crippen LogP contribution in [0.2, 0.25) is 0 Å². The summed E-state index contributed by atoms with van der Waals surface area (Å²) in [6.45, 7) is 0.731. The molecule has 0 saturated carbocycles. The molecule has 1 aliphatic rings. The van der Waals surface area contributed by atoms with Gasteiger partial charge in [-0.2, -0.15) is 0 Å². The summed E-state index contributed by atoms with van der Waals surface area (Å²) in [5, 5.41) is 8.77. The summed E-state index contributed by atoms with van der Waals surface area (Å²) in [5.41, 5.74) is 0.750. The molecule has 86 valence electrons. The van der Waals surface area contributed by atoms with Gasteiger partial charge < -0.3 is 9.84 Å². The van der Waals surface area contributed by atoms with E-state index in [0.29, 0.717) is 24.3 Å². The summed E-state index contributed by atoms with van der Waals surface area (Å²) in [6, 6.07) is 0. The fourth-order valence-electron chi connectivity index (χ4n) is 1.48. The second-order valence-electron chi connectivity index (χ2n) is 3.46. The first-order valence-electron chi connectivity index (χ1n) is 4.76. The number of hydrogen-bond acceptors (Lipinski definition) is 4. The van der Waals surface area contributed by atoms with Crippen LogP contribution in [0.4, 0.5) is 10.7 Å². The lowest BCUT2D eigenvalue weighted by atomic mass is 10.1. The Morgan fingerprint density at radius 2 is 2.38 bits per heavy atom. The maximum absolute atomic E-state index is 11.6. The van der Waals surface area contributed by atoms with E-state index in [4.69, 9.17) is 9.84 Å². The molecule has 2 heterocycles. The molecule has 0 aromatic carbocycles. The molecule has 0 bridgehead atoms. The zero-order valence-corrected chi connectivity index (χ0v) is 8.69. The fraction of sp³-hybridized carbons (Fsp3) is 0.444. The fourth-order valence-corrected chi connectivity index (χ4v) is 1.48. The third-order valence-electron chi connectivity index (χ3n) is 2.42. The van der Waals surface area contributed by atoms with E-state index < -0.39 is 6.09 Å². The van der Waals surface area contributed by atoms with Crippen molar-refractivity contribution in [3.63, 3.8) is 0 Å². The predicted molar refractivity (Wildman–Crippen MR) is 54.6 cm³/mol. The lowest BCUT2D eigenvalue weighted by Gasteiger charge is -2.17. The Kier molecular flexibility index (Phi) is 2.61. The van der Waals surface area contributed by atoms with Crippen molar-refractivity contribution >= 4 is 12.0 Å². The maximum atomic E-state index is 11.6. The van der Waals surface area contributed by atoms with Crippen LogP contribution in [0.1, 0.15) is 11.3 Å². The van der Waals surface area contributed by atoms with Gasteiger partial charge in [0.1, 0.15) is 0 Å². The number of nitrogens with one attached hydrogen (secondary N) is 1. The van der Waals surface area contributed by atoms with Gasteiger partial charge in [-0.25, -0.2) is 9.78 Å². The first kappa shape index (κ1) is 10.6. The van der Waals surface area contributed by atoms with Crippen molar-refractivity contribution in [1.82, 2.24) is 9.97 Å². The Bertz CT molecular complexity index is 482. The standard InChI is InChI=1S/C9H11N3O4/c1-12(9(14)15)8-10-6-2-3-16-4-5(6)7(13)11-8/h2-4H2,1H3,(H,14,15)(H,10,11,13). The van der Waals surface area contributed by atoms with Crippen LogP contribution in [-0.4, -0.2) is 34.8 Å². The number of ether oxygens (including phenoxy) is 1. The Labute approximate surface area is 90.7 Å². The molecule has 0 fully saturated rings. The number of rotatable bonds is 1. The molecule has 0 saturated heterocycles. The van der Waals surface area contributed by atoms with Crippen LogP contribution in [0.15, 0.2) is 4.79 Å². The summed E-state index contributed by atoms with van der Waals surface area (Å²) in [5.74, 6) is 0.0400. The first-order chi connectivity index (χ1) is 7.59. The molecular weight excluding hydrogens is 214 g/mol. The van der Waals surface area contributed by atoms with Crippen molar-refractivity contribution < 1.29 is 14.6 Å². The maximum Gasteiger partial charge on any atom is 0.413 e. The number of nitrogens with zero attached hydrogens (tertiary/aromatic N) is 2. The minimum Gasteiger partial charge on any atom is -0.465 e. The normalized spacial score (nSPS) is 14.3. The van der Waals surface area contributed by atoms with E-state index in [1.807, 2.05) is 0 Å². The number of aromatic amines is 1. The number of fused-ring (bicyclic) bond motifs is 1. The van der Waals surface area contributed by atoms with Gasteiger partial charge in [-0.05, 0) is 0 Å². The van der Waals surface area contributed by atoms with Crippen LogP contribution in [-0.2, 0) is 17.8 Å². The van der Waals surface area contributed by atoms with Gasteiger partial charge >= 0.3 is 6.09 Å². The molecule has 2 N–H and O–H groups in total. The average molecular weight is 225 g/mol. The summed E-state index contributed by atoms with van der Waals surface area (Å²) in [4.78, 5) is 29.7. The van der Waals surface area contributed by atoms with Gasteiger partial charge in [-0.1, -0.05) is 0 Å². The number of carboxylic acid groups (broad SMARTS) is 1. The highest BCUT2D eigenvalue weighted by atomic mass is 16.5. The third-order valence-corrected chi connectivity index (χ3v) is 2.42. The monoisotopic (exact) mass is 225 g/mol. The molecule has 1 amide bonds.